The Morgan fingerprint density at radius 2 is 1.61 bits per heavy atom. The van der Waals surface area contributed by atoms with Gasteiger partial charge in [-0.05, 0) is 54.1 Å². The summed E-state index contributed by atoms with van der Waals surface area (Å²) in [6.45, 7) is 0. The van der Waals surface area contributed by atoms with Gasteiger partial charge in [0.15, 0.2) is 17.6 Å². The molecular formula is C27H22FNO7. The van der Waals surface area contributed by atoms with Crippen molar-refractivity contribution >= 4 is 22.6 Å². The highest BCUT2D eigenvalue weighted by molar-refractivity contribution is 5.97. The quantitative estimate of drug-likeness (QED) is 0.397. The predicted octanol–water partition coefficient (Wildman–Crippen LogP) is 4.49. The van der Waals surface area contributed by atoms with Crippen molar-refractivity contribution in [2.45, 2.75) is 12.0 Å². The van der Waals surface area contributed by atoms with Gasteiger partial charge >= 0.3 is 5.63 Å². The molecule has 0 saturated heterocycles. The number of anilines is 1. The summed E-state index contributed by atoms with van der Waals surface area (Å²) in [7, 11) is 4.43. The van der Waals surface area contributed by atoms with E-state index >= 15 is 0 Å². The van der Waals surface area contributed by atoms with Gasteiger partial charge in [-0.15, -0.1) is 0 Å². The summed E-state index contributed by atoms with van der Waals surface area (Å²) >= 11 is 0. The standard InChI is InChI=1S/C27H22FNO7/c1-32-19-12-14(13-20(33-2)24(19)34-3)21-22-23(17-6-4-5-7-18(17)35-27(22)31)36-25(21)26(30)29-16-10-8-15(28)9-11-16/h4-13,21,25H,1-3H3,(H,29,30)/t21-,25+/m0/s1. The smallest absolute Gasteiger partial charge is 0.344 e. The van der Waals surface area contributed by atoms with Gasteiger partial charge in [0, 0.05) is 5.69 Å². The minimum absolute atomic E-state index is 0.197. The van der Waals surface area contributed by atoms with E-state index in [0.717, 1.165) is 0 Å². The molecule has 8 nitrogen and oxygen atoms in total. The summed E-state index contributed by atoms with van der Waals surface area (Å²) in [4.78, 5) is 26.7. The first-order valence-electron chi connectivity index (χ1n) is 11.0. The molecule has 0 spiro atoms. The largest absolute Gasteiger partial charge is 0.493 e. The average molecular weight is 491 g/mol. The maximum Gasteiger partial charge on any atom is 0.344 e. The molecule has 0 bridgehead atoms. The highest BCUT2D eigenvalue weighted by atomic mass is 19.1. The molecule has 1 amide bonds. The molecule has 1 aromatic heterocycles. The highest BCUT2D eigenvalue weighted by Crippen LogP contribution is 2.48. The molecular weight excluding hydrogens is 469 g/mol. The second-order valence-electron chi connectivity index (χ2n) is 8.10. The van der Waals surface area contributed by atoms with E-state index in [1.165, 1.54) is 45.6 Å². The van der Waals surface area contributed by atoms with E-state index in [-0.39, 0.29) is 11.3 Å². The monoisotopic (exact) mass is 491 g/mol. The molecule has 1 N–H and O–H groups in total. The maximum atomic E-state index is 13.5. The third-order valence-corrected chi connectivity index (χ3v) is 6.07. The molecule has 184 valence electrons. The Balaban J connectivity index is 1.68. The van der Waals surface area contributed by atoms with E-state index in [1.807, 2.05) is 0 Å². The van der Waals surface area contributed by atoms with Crippen LogP contribution >= 0.6 is 0 Å². The van der Waals surface area contributed by atoms with Crippen LogP contribution in [0.1, 0.15) is 17.0 Å². The Morgan fingerprint density at radius 3 is 2.25 bits per heavy atom. The molecule has 2 atom stereocenters. The Labute approximate surface area is 205 Å². The molecule has 1 aliphatic heterocycles. The molecule has 4 aromatic rings. The van der Waals surface area contributed by atoms with Crippen LogP contribution in [0.4, 0.5) is 10.1 Å². The summed E-state index contributed by atoms with van der Waals surface area (Å²) in [6, 6.07) is 15.6. The molecule has 0 radical (unpaired) electrons. The number of hydrogen-bond donors (Lipinski definition) is 1. The first-order chi connectivity index (χ1) is 17.4. The summed E-state index contributed by atoms with van der Waals surface area (Å²) < 4.78 is 41.5. The van der Waals surface area contributed by atoms with Gasteiger partial charge in [-0.3, -0.25) is 4.79 Å². The second-order valence-corrected chi connectivity index (χ2v) is 8.10. The predicted molar refractivity (Wildman–Crippen MR) is 130 cm³/mol. The van der Waals surface area contributed by atoms with Crippen molar-refractivity contribution in [3.05, 3.63) is 88.0 Å². The number of nitrogens with one attached hydrogen (secondary N) is 1. The lowest BCUT2D eigenvalue weighted by molar-refractivity contribution is -0.122. The van der Waals surface area contributed by atoms with Crippen LogP contribution in [0, 0.1) is 5.82 Å². The number of carbonyl (C=O) groups excluding carboxylic acids is 1. The van der Waals surface area contributed by atoms with Gasteiger partial charge < -0.3 is 28.7 Å². The van der Waals surface area contributed by atoms with Gasteiger partial charge in [-0.1, -0.05) is 12.1 Å². The van der Waals surface area contributed by atoms with Crippen LogP contribution in [-0.2, 0) is 4.79 Å². The van der Waals surface area contributed by atoms with E-state index in [1.54, 1.807) is 36.4 Å². The lowest BCUT2D eigenvalue weighted by Gasteiger charge is -2.21. The highest BCUT2D eigenvalue weighted by Gasteiger charge is 2.45. The third-order valence-electron chi connectivity index (χ3n) is 6.07. The molecule has 0 saturated carbocycles. The van der Waals surface area contributed by atoms with Crippen LogP contribution in [0.3, 0.4) is 0 Å². The number of halogens is 1. The van der Waals surface area contributed by atoms with E-state index in [4.69, 9.17) is 23.4 Å². The van der Waals surface area contributed by atoms with E-state index < -0.39 is 29.4 Å². The Hall–Kier alpha value is -4.53. The van der Waals surface area contributed by atoms with Gasteiger partial charge in [-0.25, -0.2) is 9.18 Å². The molecule has 0 fully saturated rings. The fourth-order valence-electron chi connectivity index (χ4n) is 4.45. The molecule has 3 aromatic carbocycles. The zero-order chi connectivity index (χ0) is 25.4. The van der Waals surface area contributed by atoms with Crippen LogP contribution < -0.4 is 29.9 Å². The Kier molecular flexibility index (Phi) is 5.97. The van der Waals surface area contributed by atoms with Gasteiger partial charge in [0.25, 0.3) is 5.91 Å². The number of fused-ring (bicyclic) bond motifs is 3. The minimum atomic E-state index is -1.15. The number of rotatable bonds is 6. The summed E-state index contributed by atoms with van der Waals surface area (Å²) in [5, 5.41) is 3.30. The van der Waals surface area contributed by atoms with Crippen LogP contribution in [0.5, 0.6) is 23.0 Å². The van der Waals surface area contributed by atoms with E-state index in [9.17, 15) is 14.0 Å². The van der Waals surface area contributed by atoms with Crippen molar-refractivity contribution in [3.63, 3.8) is 0 Å². The van der Waals surface area contributed by atoms with Gasteiger partial charge in [0.2, 0.25) is 5.75 Å². The zero-order valence-corrected chi connectivity index (χ0v) is 19.7. The second kappa shape index (κ2) is 9.26. The SMILES string of the molecule is COc1cc([C@H]2c3c(c4ccccc4oc3=O)O[C@H]2C(=O)Nc2ccc(F)cc2)cc(OC)c1OC. The van der Waals surface area contributed by atoms with Gasteiger partial charge in [0.05, 0.1) is 38.2 Å². The van der Waals surface area contributed by atoms with Crippen molar-refractivity contribution in [2.75, 3.05) is 26.6 Å². The summed E-state index contributed by atoms with van der Waals surface area (Å²) in [6.07, 6.45) is -1.15. The fourth-order valence-corrected chi connectivity index (χ4v) is 4.45. The van der Waals surface area contributed by atoms with Crippen molar-refractivity contribution < 1.29 is 32.5 Å². The molecule has 1 aliphatic rings. The van der Waals surface area contributed by atoms with Crippen molar-refractivity contribution in [1.82, 2.24) is 0 Å². The molecule has 0 unspecified atom stereocenters. The lowest BCUT2D eigenvalue weighted by atomic mass is 9.87. The summed E-state index contributed by atoms with van der Waals surface area (Å²) in [5.41, 5.74) is 0.804. The number of methoxy groups -OCH3 is 3. The van der Waals surface area contributed by atoms with Crippen LogP contribution in [0.25, 0.3) is 11.0 Å². The number of hydrogen-bond acceptors (Lipinski definition) is 7. The van der Waals surface area contributed by atoms with Crippen LogP contribution in [-0.4, -0.2) is 33.3 Å². The first-order valence-corrected chi connectivity index (χ1v) is 11.0. The van der Waals surface area contributed by atoms with E-state index in [2.05, 4.69) is 5.32 Å². The Morgan fingerprint density at radius 1 is 0.944 bits per heavy atom. The normalized spacial score (nSPS) is 16.2. The molecule has 36 heavy (non-hydrogen) atoms. The van der Waals surface area contributed by atoms with Crippen LogP contribution in [0.2, 0.25) is 0 Å². The third kappa shape index (κ3) is 3.88. The van der Waals surface area contributed by atoms with Gasteiger partial charge in [-0.2, -0.15) is 0 Å². The molecule has 2 heterocycles. The van der Waals surface area contributed by atoms with Gasteiger partial charge in [0.1, 0.15) is 17.1 Å². The number of ether oxygens (including phenoxy) is 4. The molecule has 5 rings (SSSR count). The lowest BCUT2D eigenvalue weighted by Crippen LogP contribution is -2.35. The maximum absolute atomic E-state index is 13.5. The van der Waals surface area contributed by atoms with E-state index in [0.29, 0.717) is 39.5 Å². The minimum Gasteiger partial charge on any atom is -0.493 e. The molecule has 0 aliphatic carbocycles. The fraction of sp³-hybridized carbons (Fsp3) is 0.185. The summed E-state index contributed by atoms with van der Waals surface area (Å²) in [5.74, 6) is -0.501. The molecule has 9 heteroatoms. The topological polar surface area (TPSA) is 96.2 Å². The zero-order valence-electron chi connectivity index (χ0n) is 19.7. The van der Waals surface area contributed by atoms with Crippen molar-refractivity contribution in [2.24, 2.45) is 0 Å². The Bertz CT molecular complexity index is 1490. The van der Waals surface area contributed by atoms with Crippen molar-refractivity contribution in [3.8, 4) is 23.0 Å². The van der Waals surface area contributed by atoms with Crippen molar-refractivity contribution in [1.29, 1.82) is 0 Å². The number of carbonyl (C=O) groups is 1. The first kappa shape index (κ1) is 23.2. The average Bonchev–Trinajstić information content (AvgIpc) is 3.31. The number of amides is 1. The number of benzene rings is 3. The van der Waals surface area contributed by atoms with Crippen LogP contribution in [0.15, 0.2) is 69.9 Å². The number of para-hydroxylation sites is 1.